The minimum Gasteiger partial charge on any atom is -0.451 e. The molecule has 1 N–H and O–H groups in total. The minimum absolute atomic E-state index is 0.0796. The van der Waals surface area contributed by atoms with Gasteiger partial charge in [0.25, 0.3) is 5.91 Å². The molecule has 2 aromatic rings. The molecule has 0 spiro atoms. The molecule has 1 aliphatic heterocycles. The fourth-order valence-corrected chi connectivity index (χ4v) is 4.09. The van der Waals surface area contributed by atoms with Crippen LogP contribution >= 0.6 is 0 Å². The first-order chi connectivity index (χ1) is 12.8. The van der Waals surface area contributed by atoms with Crippen molar-refractivity contribution in [2.75, 3.05) is 26.2 Å². The highest BCUT2D eigenvalue weighted by Gasteiger charge is 2.21. The van der Waals surface area contributed by atoms with Gasteiger partial charge in [0.15, 0.2) is 11.2 Å². The molecule has 2 unspecified atom stereocenters. The third-order valence-electron chi connectivity index (χ3n) is 5.45. The number of rotatable bonds is 5. The molecule has 0 aliphatic carbocycles. The van der Waals surface area contributed by atoms with Gasteiger partial charge >= 0.3 is 0 Å². The van der Waals surface area contributed by atoms with E-state index in [1.165, 1.54) is 12.5 Å². The maximum Gasteiger partial charge on any atom is 0.287 e. The van der Waals surface area contributed by atoms with Crippen LogP contribution in [-0.2, 0) is 0 Å². The van der Waals surface area contributed by atoms with E-state index in [1.54, 1.807) is 0 Å². The lowest BCUT2D eigenvalue weighted by Crippen LogP contribution is -2.40. The summed E-state index contributed by atoms with van der Waals surface area (Å²) in [6.07, 6.45) is 2.19. The first kappa shape index (κ1) is 19.6. The molecule has 1 fully saturated rings. The lowest BCUT2D eigenvalue weighted by molar-refractivity contribution is 0.0920. The Balaban J connectivity index is 1.58. The molecule has 2 atom stereocenters. The number of aryl methyl sites for hydroxylation is 2. The van der Waals surface area contributed by atoms with E-state index < -0.39 is 0 Å². The number of amides is 1. The standard InChI is InChI=1S/C22H30N2O3/c1-14-8-15(2)13-24(12-14)7-5-6-23-22(26)21-11-19(25)18-9-16(3)17(4)10-20(18)27-21/h9-11,14-15H,5-8,12-13H2,1-4H3,(H,23,26). The number of likely N-dealkylation sites (tertiary alicyclic amines) is 1. The average Bonchev–Trinajstić information content (AvgIpc) is 2.59. The zero-order valence-electron chi connectivity index (χ0n) is 16.8. The molecule has 0 radical (unpaired) electrons. The van der Waals surface area contributed by atoms with Gasteiger partial charge in [-0.15, -0.1) is 0 Å². The summed E-state index contributed by atoms with van der Waals surface area (Å²) in [6.45, 7) is 12.3. The smallest absolute Gasteiger partial charge is 0.287 e. The number of piperidine rings is 1. The summed E-state index contributed by atoms with van der Waals surface area (Å²) in [6, 6.07) is 4.93. The van der Waals surface area contributed by atoms with Crippen molar-refractivity contribution >= 4 is 16.9 Å². The van der Waals surface area contributed by atoms with Crippen molar-refractivity contribution < 1.29 is 9.21 Å². The highest BCUT2D eigenvalue weighted by molar-refractivity contribution is 5.93. The second kappa shape index (κ2) is 8.26. The molecule has 2 heterocycles. The maximum atomic E-state index is 12.4. The van der Waals surface area contributed by atoms with Crippen molar-refractivity contribution in [3.05, 3.63) is 45.3 Å². The summed E-state index contributed by atoms with van der Waals surface area (Å²) in [7, 11) is 0. The average molecular weight is 370 g/mol. The quantitative estimate of drug-likeness (QED) is 0.818. The van der Waals surface area contributed by atoms with E-state index >= 15 is 0 Å². The number of carbonyl (C=O) groups is 1. The zero-order chi connectivity index (χ0) is 19.6. The molecule has 1 saturated heterocycles. The molecule has 1 amide bonds. The summed E-state index contributed by atoms with van der Waals surface area (Å²) in [5.41, 5.74) is 2.36. The highest BCUT2D eigenvalue weighted by Crippen LogP contribution is 2.21. The van der Waals surface area contributed by atoms with Crippen LogP contribution in [0.4, 0.5) is 0 Å². The van der Waals surface area contributed by atoms with Crippen LogP contribution in [0.15, 0.2) is 27.4 Å². The predicted octanol–water partition coefficient (Wildman–Crippen LogP) is 3.51. The SMILES string of the molecule is Cc1cc2oc(C(=O)NCCCN3CC(C)CC(C)C3)cc(=O)c2cc1C. The zero-order valence-corrected chi connectivity index (χ0v) is 16.8. The van der Waals surface area contributed by atoms with Crippen LogP contribution < -0.4 is 10.7 Å². The Kier molecular flexibility index (Phi) is 6.00. The van der Waals surface area contributed by atoms with E-state index in [0.29, 0.717) is 17.5 Å². The van der Waals surface area contributed by atoms with E-state index in [-0.39, 0.29) is 17.1 Å². The van der Waals surface area contributed by atoms with Crippen LogP contribution in [0.2, 0.25) is 0 Å². The molecule has 0 bridgehead atoms. The molecule has 3 rings (SSSR count). The van der Waals surface area contributed by atoms with Gasteiger partial charge in [0.05, 0.1) is 5.39 Å². The van der Waals surface area contributed by atoms with E-state index in [2.05, 4.69) is 24.1 Å². The van der Waals surface area contributed by atoms with Gasteiger partial charge in [-0.1, -0.05) is 13.8 Å². The number of carbonyl (C=O) groups excluding carboxylic acids is 1. The van der Waals surface area contributed by atoms with Crippen LogP contribution in [0.25, 0.3) is 11.0 Å². The van der Waals surface area contributed by atoms with E-state index in [1.807, 2.05) is 26.0 Å². The summed E-state index contributed by atoms with van der Waals surface area (Å²) in [4.78, 5) is 27.2. The summed E-state index contributed by atoms with van der Waals surface area (Å²) < 4.78 is 5.69. The third-order valence-corrected chi connectivity index (χ3v) is 5.45. The first-order valence-electron chi connectivity index (χ1n) is 9.89. The highest BCUT2D eigenvalue weighted by atomic mass is 16.3. The largest absolute Gasteiger partial charge is 0.451 e. The topological polar surface area (TPSA) is 62.6 Å². The van der Waals surface area contributed by atoms with Gasteiger partial charge in [0.2, 0.25) is 0 Å². The monoisotopic (exact) mass is 370 g/mol. The molecule has 5 heteroatoms. The predicted molar refractivity (Wildman–Crippen MR) is 108 cm³/mol. The van der Waals surface area contributed by atoms with Crippen molar-refractivity contribution in [2.24, 2.45) is 11.8 Å². The van der Waals surface area contributed by atoms with E-state index in [0.717, 1.165) is 49.0 Å². The number of nitrogens with one attached hydrogen (secondary N) is 1. The molecule has 27 heavy (non-hydrogen) atoms. The Morgan fingerprint density at radius 2 is 1.81 bits per heavy atom. The molecule has 0 saturated carbocycles. The Morgan fingerprint density at radius 3 is 2.52 bits per heavy atom. The van der Waals surface area contributed by atoms with Gasteiger partial charge in [0.1, 0.15) is 5.58 Å². The maximum absolute atomic E-state index is 12.4. The van der Waals surface area contributed by atoms with Crippen molar-refractivity contribution in [1.29, 1.82) is 0 Å². The number of hydrogen-bond donors (Lipinski definition) is 1. The number of hydrogen-bond acceptors (Lipinski definition) is 4. The first-order valence-corrected chi connectivity index (χ1v) is 9.89. The fraction of sp³-hybridized carbons (Fsp3) is 0.545. The van der Waals surface area contributed by atoms with Crippen LogP contribution in [0.5, 0.6) is 0 Å². The molecule has 1 aliphatic rings. The Labute approximate surface area is 160 Å². The van der Waals surface area contributed by atoms with Gasteiger partial charge < -0.3 is 14.6 Å². The number of benzene rings is 1. The molecular formula is C22H30N2O3. The minimum atomic E-state index is -0.326. The van der Waals surface area contributed by atoms with E-state index in [4.69, 9.17) is 4.42 Å². The second-order valence-corrected chi connectivity index (χ2v) is 8.22. The summed E-state index contributed by atoms with van der Waals surface area (Å²) in [5, 5.41) is 3.40. The fourth-order valence-electron chi connectivity index (χ4n) is 4.09. The molecule has 1 aromatic heterocycles. The molecule has 5 nitrogen and oxygen atoms in total. The summed E-state index contributed by atoms with van der Waals surface area (Å²) in [5.74, 6) is 1.23. The van der Waals surface area contributed by atoms with Crippen LogP contribution in [0, 0.1) is 25.7 Å². The van der Waals surface area contributed by atoms with Crippen molar-refractivity contribution in [3.63, 3.8) is 0 Å². The van der Waals surface area contributed by atoms with Gasteiger partial charge in [-0.25, -0.2) is 0 Å². The van der Waals surface area contributed by atoms with Gasteiger partial charge in [0, 0.05) is 25.7 Å². The van der Waals surface area contributed by atoms with Crippen molar-refractivity contribution in [2.45, 2.75) is 40.5 Å². The Morgan fingerprint density at radius 1 is 1.15 bits per heavy atom. The Bertz CT molecular complexity index is 877. The lowest BCUT2D eigenvalue weighted by atomic mass is 9.92. The van der Waals surface area contributed by atoms with Crippen LogP contribution in [0.3, 0.4) is 0 Å². The second-order valence-electron chi connectivity index (χ2n) is 8.22. The van der Waals surface area contributed by atoms with Crippen LogP contribution in [0.1, 0.15) is 48.4 Å². The number of fused-ring (bicyclic) bond motifs is 1. The normalized spacial score (nSPS) is 20.7. The lowest BCUT2D eigenvalue weighted by Gasteiger charge is -2.34. The van der Waals surface area contributed by atoms with E-state index in [9.17, 15) is 9.59 Å². The molecular weight excluding hydrogens is 340 g/mol. The third kappa shape index (κ3) is 4.78. The van der Waals surface area contributed by atoms with Crippen molar-refractivity contribution in [1.82, 2.24) is 10.2 Å². The van der Waals surface area contributed by atoms with Gasteiger partial charge in [-0.3, -0.25) is 9.59 Å². The van der Waals surface area contributed by atoms with Crippen molar-refractivity contribution in [3.8, 4) is 0 Å². The number of nitrogens with zero attached hydrogens (tertiary/aromatic N) is 1. The Hall–Kier alpha value is -2.14. The summed E-state index contributed by atoms with van der Waals surface area (Å²) >= 11 is 0. The van der Waals surface area contributed by atoms with Gasteiger partial charge in [-0.2, -0.15) is 0 Å². The van der Waals surface area contributed by atoms with Crippen LogP contribution in [-0.4, -0.2) is 37.0 Å². The van der Waals surface area contributed by atoms with Gasteiger partial charge in [-0.05, 0) is 68.3 Å². The molecule has 146 valence electrons. The molecule has 1 aromatic carbocycles.